The fourth-order valence-electron chi connectivity index (χ4n) is 4.69. The van der Waals surface area contributed by atoms with Gasteiger partial charge >= 0.3 is 0 Å². The van der Waals surface area contributed by atoms with E-state index in [1.807, 2.05) is 53.2 Å². The summed E-state index contributed by atoms with van der Waals surface area (Å²) in [5.74, 6) is 7.97. The third-order valence-electron chi connectivity index (χ3n) is 6.44. The van der Waals surface area contributed by atoms with Gasteiger partial charge in [-0.15, -0.1) is 5.54 Å². The van der Waals surface area contributed by atoms with Gasteiger partial charge in [0.05, 0.1) is 12.8 Å². The zero-order valence-electron chi connectivity index (χ0n) is 20.8. The minimum Gasteiger partial charge on any atom is -0.497 e. The van der Waals surface area contributed by atoms with Gasteiger partial charge in [0.25, 0.3) is 0 Å². The monoisotopic (exact) mass is 454 g/mol. The molecule has 4 heteroatoms. The summed E-state index contributed by atoms with van der Waals surface area (Å²) < 4.78 is 7.17. The molecule has 3 aromatic rings. The average Bonchev–Trinajstić information content (AvgIpc) is 3.21. The predicted molar refractivity (Wildman–Crippen MR) is 141 cm³/mol. The number of ether oxygens (including phenoxy) is 1. The van der Waals surface area contributed by atoms with E-state index in [1.165, 1.54) is 0 Å². The lowest BCUT2D eigenvalue weighted by Crippen LogP contribution is -2.43. The summed E-state index contributed by atoms with van der Waals surface area (Å²) in [6.07, 6.45) is 2.01. The minimum absolute atomic E-state index is 0.566. The van der Waals surface area contributed by atoms with Gasteiger partial charge in [0.15, 0.2) is 5.82 Å². The number of benzene rings is 2. The van der Waals surface area contributed by atoms with Gasteiger partial charge in [-0.3, -0.25) is 4.57 Å². The second kappa shape index (κ2) is 10.6. The molecule has 0 atom stereocenters. The van der Waals surface area contributed by atoms with Crippen LogP contribution in [0.2, 0.25) is 16.6 Å². The Labute approximate surface area is 200 Å². The van der Waals surface area contributed by atoms with Gasteiger partial charge in [-0.05, 0) is 46.8 Å². The van der Waals surface area contributed by atoms with Gasteiger partial charge in [-0.25, -0.2) is 4.98 Å². The van der Waals surface area contributed by atoms with Gasteiger partial charge in [0, 0.05) is 23.4 Å². The van der Waals surface area contributed by atoms with E-state index in [-0.39, 0.29) is 0 Å². The molecule has 0 unspecified atom stereocenters. The standard InChI is InChI=1S/C29H34N2OSi/c1-22(2)33(23(3)4,24(5)6)20-19-31-21-28(26-11-9-8-10-12-26)30-29(31)18-15-25-13-16-27(32-7)17-14-25/h8-14,16-17,21-24H,1-7H3. The van der Waals surface area contributed by atoms with Crippen molar-refractivity contribution in [3.63, 3.8) is 0 Å². The second-order valence-electron chi connectivity index (χ2n) is 9.30. The van der Waals surface area contributed by atoms with E-state index in [1.54, 1.807) is 7.11 Å². The third-order valence-corrected chi connectivity index (χ3v) is 12.7. The van der Waals surface area contributed by atoms with Crippen molar-refractivity contribution in [2.24, 2.45) is 0 Å². The average molecular weight is 455 g/mol. The first-order valence-electron chi connectivity index (χ1n) is 11.6. The Morgan fingerprint density at radius 3 is 1.97 bits per heavy atom. The van der Waals surface area contributed by atoms with Gasteiger partial charge in [-0.2, -0.15) is 0 Å². The lowest BCUT2D eigenvalue weighted by atomic mass is 10.2. The fourth-order valence-corrected chi connectivity index (χ4v) is 9.87. The Hall–Kier alpha value is -3.21. The smallest absolute Gasteiger partial charge is 0.198 e. The summed E-state index contributed by atoms with van der Waals surface area (Å²) >= 11 is 0. The maximum Gasteiger partial charge on any atom is 0.198 e. The zero-order valence-corrected chi connectivity index (χ0v) is 21.8. The molecule has 0 spiro atoms. The van der Waals surface area contributed by atoms with Crippen molar-refractivity contribution in [1.82, 2.24) is 9.55 Å². The fraction of sp³-hybridized carbons (Fsp3) is 0.345. The number of hydrogen-bond acceptors (Lipinski definition) is 2. The summed E-state index contributed by atoms with van der Waals surface area (Å²) in [6.45, 7) is 14.0. The quantitative estimate of drug-likeness (QED) is 0.307. The normalized spacial score (nSPS) is 11.2. The molecule has 33 heavy (non-hydrogen) atoms. The van der Waals surface area contributed by atoms with Crippen LogP contribution >= 0.6 is 0 Å². The van der Waals surface area contributed by atoms with Crippen LogP contribution in [-0.4, -0.2) is 24.7 Å². The first-order chi connectivity index (χ1) is 15.8. The lowest BCUT2D eigenvalue weighted by molar-refractivity contribution is 0.415. The molecule has 0 aliphatic rings. The Balaban J connectivity index is 2.10. The van der Waals surface area contributed by atoms with E-state index < -0.39 is 8.07 Å². The van der Waals surface area contributed by atoms with Crippen LogP contribution in [0.5, 0.6) is 5.75 Å². The highest BCUT2D eigenvalue weighted by atomic mass is 28.3. The number of rotatable bonds is 5. The molecule has 0 aliphatic carbocycles. The van der Waals surface area contributed by atoms with E-state index in [0.29, 0.717) is 22.4 Å². The second-order valence-corrected chi connectivity index (χ2v) is 14.9. The van der Waals surface area contributed by atoms with Crippen molar-refractivity contribution in [2.75, 3.05) is 7.11 Å². The molecule has 3 nitrogen and oxygen atoms in total. The molecule has 0 fully saturated rings. The van der Waals surface area contributed by atoms with Crippen molar-refractivity contribution in [3.8, 4) is 40.4 Å². The molecule has 1 aromatic heterocycles. The van der Waals surface area contributed by atoms with Gasteiger partial charge < -0.3 is 4.74 Å². The predicted octanol–water partition coefficient (Wildman–Crippen LogP) is 6.99. The van der Waals surface area contributed by atoms with Crippen molar-refractivity contribution >= 4 is 8.07 Å². The molecule has 170 valence electrons. The molecule has 3 rings (SSSR count). The SMILES string of the molecule is COc1ccc(C#Cc2nc(-c3ccccc3)cn2C#C[Si](C(C)C)(C(C)C)C(C)C)cc1. The number of imidazole rings is 1. The minimum atomic E-state index is -1.87. The van der Waals surface area contributed by atoms with E-state index in [2.05, 4.69) is 77.1 Å². The highest BCUT2D eigenvalue weighted by molar-refractivity contribution is 6.90. The van der Waals surface area contributed by atoms with Crippen LogP contribution in [0.25, 0.3) is 11.3 Å². The van der Waals surface area contributed by atoms with Crippen molar-refractivity contribution in [3.05, 3.63) is 72.2 Å². The van der Waals surface area contributed by atoms with Crippen LogP contribution in [0.3, 0.4) is 0 Å². The Bertz CT molecular complexity index is 1160. The number of nitrogens with zero attached hydrogens (tertiary/aromatic N) is 2. The Morgan fingerprint density at radius 1 is 0.818 bits per heavy atom. The summed E-state index contributed by atoms with van der Waals surface area (Å²) in [7, 11) is -0.210. The van der Waals surface area contributed by atoms with Crippen molar-refractivity contribution < 1.29 is 4.74 Å². The summed E-state index contributed by atoms with van der Waals surface area (Å²) in [5.41, 5.74) is 8.35. The molecule has 0 amide bonds. The number of aromatic nitrogens is 2. The molecular formula is C29H34N2OSi. The van der Waals surface area contributed by atoms with Crippen LogP contribution in [0.15, 0.2) is 60.8 Å². The van der Waals surface area contributed by atoms with Crippen molar-refractivity contribution in [2.45, 2.75) is 58.2 Å². The van der Waals surface area contributed by atoms with Crippen LogP contribution in [-0.2, 0) is 0 Å². The molecule has 0 N–H and O–H groups in total. The lowest BCUT2D eigenvalue weighted by Gasteiger charge is -2.37. The highest BCUT2D eigenvalue weighted by Crippen LogP contribution is 2.40. The molecule has 0 bridgehead atoms. The van der Waals surface area contributed by atoms with Gasteiger partial charge in [0.2, 0.25) is 0 Å². The summed E-state index contributed by atoms with van der Waals surface area (Å²) in [5, 5.41) is 0. The van der Waals surface area contributed by atoms with E-state index >= 15 is 0 Å². The number of hydrogen-bond donors (Lipinski definition) is 0. The van der Waals surface area contributed by atoms with Crippen molar-refractivity contribution in [1.29, 1.82) is 0 Å². The third kappa shape index (κ3) is 5.41. The van der Waals surface area contributed by atoms with E-state index in [0.717, 1.165) is 22.6 Å². The zero-order chi connectivity index (χ0) is 24.0. The maximum absolute atomic E-state index is 5.25. The first-order valence-corrected chi connectivity index (χ1v) is 13.8. The molecule has 1 heterocycles. The van der Waals surface area contributed by atoms with Crippen LogP contribution < -0.4 is 4.74 Å². The van der Waals surface area contributed by atoms with E-state index in [4.69, 9.17) is 9.72 Å². The summed E-state index contributed by atoms with van der Waals surface area (Å²) in [6, 6.07) is 21.4. The molecular weight excluding hydrogens is 420 g/mol. The largest absolute Gasteiger partial charge is 0.497 e. The maximum atomic E-state index is 5.25. The highest BCUT2D eigenvalue weighted by Gasteiger charge is 2.41. The molecule has 2 aromatic carbocycles. The van der Waals surface area contributed by atoms with E-state index in [9.17, 15) is 0 Å². The van der Waals surface area contributed by atoms with Crippen LogP contribution in [0.4, 0.5) is 0 Å². The van der Waals surface area contributed by atoms with Gasteiger partial charge in [0.1, 0.15) is 13.8 Å². The molecule has 0 saturated carbocycles. The van der Waals surface area contributed by atoms with Gasteiger partial charge in [-0.1, -0.05) is 77.8 Å². The Kier molecular flexibility index (Phi) is 7.85. The Morgan fingerprint density at radius 2 is 1.42 bits per heavy atom. The number of methoxy groups -OCH3 is 1. The molecule has 0 aliphatic heterocycles. The molecule has 0 saturated heterocycles. The molecule has 0 radical (unpaired) electrons. The summed E-state index contributed by atoms with van der Waals surface area (Å²) in [4.78, 5) is 4.84. The van der Waals surface area contributed by atoms with Crippen LogP contribution in [0, 0.1) is 23.4 Å². The first kappa shape index (κ1) is 24.4. The van der Waals surface area contributed by atoms with Crippen LogP contribution in [0.1, 0.15) is 52.9 Å². The topological polar surface area (TPSA) is 27.1 Å².